The average molecular weight is 242 g/mol. The molecule has 0 atom stereocenters. The number of hydrogen-bond donors (Lipinski definition) is 2. The summed E-state index contributed by atoms with van der Waals surface area (Å²) in [5.74, 6) is -1.29. The number of para-hydroxylation sites is 1. The lowest BCUT2D eigenvalue weighted by molar-refractivity contribution is 0.0652. The van der Waals surface area contributed by atoms with Crippen molar-refractivity contribution in [3.8, 4) is 11.4 Å². The van der Waals surface area contributed by atoms with Crippen LogP contribution in [0.25, 0.3) is 22.3 Å². The number of carboxylic acids is 1. The van der Waals surface area contributed by atoms with Gasteiger partial charge in [0.25, 0.3) is 0 Å². The van der Waals surface area contributed by atoms with Crippen LogP contribution in [-0.2, 0) is 0 Å². The Morgan fingerprint density at radius 2 is 2.22 bits per heavy atom. The van der Waals surface area contributed by atoms with E-state index in [0.29, 0.717) is 5.69 Å². The van der Waals surface area contributed by atoms with Crippen molar-refractivity contribution in [2.45, 2.75) is 6.92 Å². The van der Waals surface area contributed by atoms with Crippen LogP contribution in [0.5, 0.6) is 0 Å². The number of nitrogens with one attached hydrogen (secondary N) is 1. The monoisotopic (exact) mass is 242 g/mol. The average Bonchev–Trinajstić information content (AvgIpc) is 2.95. The van der Waals surface area contributed by atoms with E-state index in [1.165, 1.54) is 6.07 Å². The number of rotatable bonds is 2. The minimum Gasteiger partial charge on any atom is -0.475 e. The predicted octanol–water partition coefficient (Wildman–Crippen LogP) is 2.83. The highest BCUT2D eigenvalue weighted by molar-refractivity contribution is 5.89. The summed E-state index contributed by atoms with van der Waals surface area (Å²) in [6.07, 6.45) is 0. The third kappa shape index (κ3) is 1.57. The molecule has 0 fully saturated rings. The van der Waals surface area contributed by atoms with Crippen molar-refractivity contribution in [2.24, 2.45) is 0 Å². The number of carbonyl (C=O) groups is 1. The molecule has 0 aliphatic rings. The van der Waals surface area contributed by atoms with Gasteiger partial charge < -0.3 is 14.6 Å². The number of H-pyrrole nitrogens is 1. The highest BCUT2D eigenvalue weighted by Crippen LogP contribution is 2.25. The van der Waals surface area contributed by atoms with Crippen LogP contribution in [0.3, 0.4) is 0 Å². The smallest absolute Gasteiger partial charge is 0.374 e. The van der Waals surface area contributed by atoms with E-state index in [-0.39, 0.29) is 5.76 Å². The van der Waals surface area contributed by atoms with Gasteiger partial charge in [0.05, 0.1) is 5.69 Å². The Morgan fingerprint density at radius 3 is 2.89 bits per heavy atom. The van der Waals surface area contributed by atoms with Crippen LogP contribution in [0, 0.1) is 6.92 Å². The van der Waals surface area contributed by atoms with Crippen molar-refractivity contribution in [3.05, 3.63) is 41.7 Å². The first-order valence-electron chi connectivity index (χ1n) is 5.44. The largest absolute Gasteiger partial charge is 0.475 e. The lowest BCUT2D eigenvalue weighted by Crippen LogP contribution is -1.91. The zero-order chi connectivity index (χ0) is 12.7. The highest BCUT2D eigenvalue weighted by atomic mass is 16.5. The van der Waals surface area contributed by atoms with Crippen molar-refractivity contribution in [2.75, 3.05) is 0 Å². The first-order valence-corrected chi connectivity index (χ1v) is 5.44. The van der Waals surface area contributed by atoms with Crippen LogP contribution in [0.15, 0.2) is 34.9 Å². The second kappa shape index (κ2) is 3.73. The lowest BCUT2D eigenvalue weighted by atomic mass is 10.2. The summed E-state index contributed by atoms with van der Waals surface area (Å²) in [5.41, 5.74) is 3.38. The standard InChI is InChI=1S/C13H10N2O3/c1-7-3-2-4-8-5-9(14-12(7)8)10-6-11(13(16)17)18-15-10/h2-6,14H,1H3,(H,16,17). The van der Waals surface area contributed by atoms with Gasteiger partial charge >= 0.3 is 5.97 Å². The van der Waals surface area contributed by atoms with Crippen molar-refractivity contribution in [1.29, 1.82) is 0 Å². The zero-order valence-corrected chi connectivity index (χ0v) is 9.60. The van der Waals surface area contributed by atoms with Crippen molar-refractivity contribution >= 4 is 16.9 Å². The normalized spacial score (nSPS) is 10.9. The van der Waals surface area contributed by atoms with Crippen LogP contribution >= 0.6 is 0 Å². The van der Waals surface area contributed by atoms with Crippen LogP contribution in [0.2, 0.25) is 0 Å². The fourth-order valence-corrected chi connectivity index (χ4v) is 1.95. The topological polar surface area (TPSA) is 79.1 Å². The molecule has 2 N–H and O–H groups in total. The van der Waals surface area contributed by atoms with E-state index in [1.807, 2.05) is 31.2 Å². The Hall–Kier alpha value is -2.56. The summed E-state index contributed by atoms with van der Waals surface area (Å²) in [6, 6.07) is 9.30. The number of carboxylic acid groups (broad SMARTS) is 1. The summed E-state index contributed by atoms with van der Waals surface area (Å²) in [4.78, 5) is 13.9. The maximum absolute atomic E-state index is 10.7. The van der Waals surface area contributed by atoms with Gasteiger partial charge in [0.15, 0.2) is 0 Å². The molecule has 5 nitrogen and oxygen atoms in total. The van der Waals surface area contributed by atoms with E-state index in [0.717, 1.165) is 22.2 Å². The molecule has 2 aromatic heterocycles. The molecule has 0 saturated heterocycles. The van der Waals surface area contributed by atoms with Crippen molar-refractivity contribution < 1.29 is 14.4 Å². The maximum atomic E-state index is 10.7. The number of hydrogen-bond acceptors (Lipinski definition) is 3. The van der Waals surface area contributed by atoms with Gasteiger partial charge in [0, 0.05) is 17.0 Å². The minimum absolute atomic E-state index is 0.166. The Labute approximate surface area is 102 Å². The summed E-state index contributed by atoms with van der Waals surface area (Å²) >= 11 is 0. The minimum atomic E-state index is -1.12. The molecular formula is C13H10N2O3. The Bertz CT molecular complexity index is 740. The SMILES string of the molecule is Cc1cccc2cc(-c3cc(C(=O)O)on3)[nH]c12. The third-order valence-electron chi connectivity index (χ3n) is 2.86. The molecule has 18 heavy (non-hydrogen) atoms. The number of aromatic nitrogens is 2. The summed E-state index contributed by atoms with van der Waals surface area (Å²) in [5, 5.41) is 13.6. The number of aromatic amines is 1. The van der Waals surface area contributed by atoms with Gasteiger partial charge in [-0.25, -0.2) is 4.79 Å². The number of benzene rings is 1. The number of nitrogens with zero attached hydrogens (tertiary/aromatic N) is 1. The molecular weight excluding hydrogens is 232 g/mol. The molecule has 90 valence electrons. The predicted molar refractivity (Wildman–Crippen MR) is 65.5 cm³/mol. The summed E-state index contributed by atoms with van der Waals surface area (Å²) in [6.45, 7) is 2.01. The first kappa shape index (κ1) is 10.6. The fourth-order valence-electron chi connectivity index (χ4n) is 1.95. The molecule has 5 heteroatoms. The second-order valence-electron chi connectivity index (χ2n) is 4.10. The number of aromatic carboxylic acids is 1. The van der Waals surface area contributed by atoms with Gasteiger partial charge in [-0.2, -0.15) is 0 Å². The zero-order valence-electron chi connectivity index (χ0n) is 9.60. The van der Waals surface area contributed by atoms with E-state index >= 15 is 0 Å². The van der Waals surface area contributed by atoms with Gasteiger partial charge in [-0.3, -0.25) is 0 Å². The number of aryl methyl sites for hydroxylation is 1. The Morgan fingerprint density at radius 1 is 1.39 bits per heavy atom. The van der Waals surface area contributed by atoms with Crippen molar-refractivity contribution in [3.63, 3.8) is 0 Å². The molecule has 0 spiro atoms. The third-order valence-corrected chi connectivity index (χ3v) is 2.86. The van der Waals surface area contributed by atoms with E-state index in [1.54, 1.807) is 0 Å². The highest BCUT2D eigenvalue weighted by Gasteiger charge is 2.14. The van der Waals surface area contributed by atoms with Crippen molar-refractivity contribution in [1.82, 2.24) is 10.1 Å². The molecule has 0 amide bonds. The molecule has 0 aliphatic heterocycles. The quantitative estimate of drug-likeness (QED) is 0.724. The summed E-state index contributed by atoms with van der Waals surface area (Å²) < 4.78 is 4.74. The van der Waals surface area contributed by atoms with Gasteiger partial charge in [-0.05, 0) is 18.6 Å². The molecule has 0 unspecified atom stereocenters. The Balaban J connectivity index is 2.13. The molecule has 0 radical (unpaired) electrons. The Kier molecular flexibility index (Phi) is 2.19. The van der Waals surface area contributed by atoms with E-state index in [4.69, 9.17) is 9.63 Å². The van der Waals surface area contributed by atoms with Crippen LogP contribution in [0.4, 0.5) is 0 Å². The second-order valence-corrected chi connectivity index (χ2v) is 4.10. The molecule has 3 aromatic rings. The summed E-state index contributed by atoms with van der Waals surface area (Å²) in [7, 11) is 0. The van der Waals surface area contributed by atoms with Crippen LogP contribution in [0.1, 0.15) is 16.1 Å². The van der Waals surface area contributed by atoms with Crippen LogP contribution < -0.4 is 0 Å². The molecule has 0 aliphatic carbocycles. The van der Waals surface area contributed by atoms with E-state index in [2.05, 4.69) is 10.1 Å². The maximum Gasteiger partial charge on any atom is 0.374 e. The van der Waals surface area contributed by atoms with Gasteiger partial charge in [-0.1, -0.05) is 23.4 Å². The van der Waals surface area contributed by atoms with Gasteiger partial charge in [0.2, 0.25) is 5.76 Å². The van der Waals surface area contributed by atoms with Gasteiger partial charge in [0.1, 0.15) is 5.69 Å². The van der Waals surface area contributed by atoms with Gasteiger partial charge in [-0.15, -0.1) is 0 Å². The lowest BCUT2D eigenvalue weighted by Gasteiger charge is -1.93. The van der Waals surface area contributed by atoms with Crippen LogP contribution in [-0.4, -0.2) is 21.2 Å². The molecule has 0 bridgehead atoms. The molecule has 2 heterocycles. The van der Waals surface area contributed by atoms with E-state index in [9.17, 15) is 4.79 Å². The number of fused-ring (bicyclic) bond motifs is 1. The first-order chi connectivity index (χ1) is 8.65. The molecule has 1 aromatic carbocycles. The molecule has 0 saturated carbocycles. The molecule has 3 rings (SSSR count). The fraction of sp³-hybridized carbons (Fsp3) is 0.0769. The van der Waals surface area contributed by atoms with E-state index < -0.39 is 5.97 Å².